The number of fused-ring (bicyclic) bond motifs is 1. The molecular formula is C18H21N7S. The van der Waals surface area contributed by atoms with Crippen molar-refractivity contribution in [2.45, 2.75) is 19.0 Å². The highest BCUT2D eigenvalue weighted by Crippen LogP contribution is 2.25. The van der Waals surface area contributed by atoms with Crippen molar-refractivity contribution in [2.75, 3.05) is 42.2 Å². The largest absolute Gasteiger partial charge is 0.353 e. The molecule has 0 saturated carbocycles. The third kappa shape index (κ3) is 3.29. The SMILES string of the molecule is CSc1nc(C)cc(N2CCN(c3nc(C)nc4cnccc34)CC2)n1. The van der Waals surface area contributed by atoms with Crippen molar-refractivity contribution in [3.05, 3.63) is 36.0 Å². The number of rotatable bonds is 3. The molecule has 0 bridgehead atoms. The van der Waals surface area contributed by atoms with E-state index in [1.807, 2.05) is 26.2 Å². The van der Waals surface area contributed by atoms with Crippen molar-refractivity contribution in [3.8, 4) is 0 Å². The van der Waals surface area contributed by atoms with Crippen LogP contribution in [0.15, 0.2) is 29.7 Å². The van der Waals surface area contributed by atoms with Gasteiger partial charge < -0.3 is 9.80 Å². The van der Waals surface area contributed by atoms with Crippen molar-refractivity contribution < 1.29 is 0 Å². The quantitative estimate of drug-likeness (QED) is 0.516. The lowest BCUT2D eigenvalue weighted by molar-refractivity contribution is 0.637. The molecule has 0 N–H and O–H groups in total. The van der Waals surface area contributed by atoms with Gasteiger partial charge in [0, 0.05) is 49.5 Å². The van der Waals surface area contributed by atoms with E-state index in [2.05, 4.69) is 35.8 Å². The molecule has 0 atom stereocenters. The van der Waals surface area contributed by atoms with Crippen LogP contribution >= 0.6 is 11.8 Å². The Hall–Kier alpha value is -2.48. The summed E-state index contributed by atoms with van der Waals surface area (Å²) >= 11 is 1.58. The van der Waals surface area contributed by atoms with Gasteiger partial charge in [-0.2, -0.15) is 0 Å². The molecule has 0 amide bonds. The molecule has 7 nitrogen and oxygen atoms in total. The highest BCUT2D eigenvalue weighted by molar-refractivity contribution is 7.98. The maximum absolute atomic E-state index is 4.70. The van der Waals surface area contributed by atoms with Crippen LogP contribution in [0.4, 0.5) is 11.6 Å². The fourth-order valence-electron chi connectivity index (χ4n) is 3.24. The summed E-state index contributed by atoms with van der Waals surface area (Å²) in [7, 11) is 0. The molecule has 4 rings (SSSR count). The van der Waals surface area contributed by atoms with Gasteiger partial charge in [-0.05, 0) is 26.2 Å². The van der Waals surface area contributed by atoms with Crippen LogP contribution in [-0.4, -0.2) is 57.4 Å². The average Bonchev–Trinajstić information content (AvgIpc) is 2.67. The molecule has 0 spiro atoms. The number of hydrogen-bond acceptors (Lipinski definition) is 8. The van der Waals surface area contributed by atoms with E-state index in [-0.39, 0.29) is 0 Å². The van der Waals surface area contributed by atoms with Crippen LogP contribution in [0.25, 0.3) is 10.9 Å². The summed E-state index contributed by atoms with van der Waals surface area (Å²) in [5.41, 5.74) is 1.90. The van der Waals surface area contributed by atoms with E-state index in [0.717, 1.165) is 65.4 Å². The lowest BCUT2D eigenvalue weighted by atomic mass is 10.2. The molecular weight excluding hydrogens is 346 g/mol. The fraction of sp³-hybridized carbons (Fsp3) is 0.389. The molecule has 0 radical (unpaired) electrons. The third-order valence-corrected chi connectivity index (χ3v) is 5.04. The van der Waals surface area contributed by atoms with Gasteiger partial charge in [0.15, 0.2) is 5.16 Å². The first-order valence-electron chi connectivity index (χ1n) is 8.62. The van der Waals surface area contributed by atoms with Gasteiger partial charge in [-0.1, -0.05) is 11.8 Å². The summed E-state index contributed by atoms with van der Waals surface area (Å²) in [4.78, 5) is 27.1. The van der Waals surface area contributed by atoms with Crippen molar-refractivity contribution in [1.82, 2.24) is 24.9 Å². The topological polar surface area (TPSA) is 70.9 Å². The number of hydrogen-bond donors (Lipinski definition) is 0. The van der Waals surface area contributed by atoms with Crippen LogP contribution < -0.4 is 9.80 Å². The Labute approximate surface area is 156 Å². The molecule has 26 heavy (non-hydrogen) atoms. The molecule has 8 heteroatoms. The Morgan fingerprint density at radius 1 is 0.962 bits per heavy atom. The van der Waals surface area contributed by atoms with Crippen molar-refractivity contribution in [3.63, 3.8) is 0 Å². The number of pyridine rings is 1. The number of piperazine rings is 1. The molecule has 1 fully saturated rings. The van der Waals surface area contributed by atoms with Crippen LogP contribution in [-0.2, 0) is 0 Å². The molecule has 3 aromatic heterocycles. The number of aromatic nitrogens is 5. The molecule has 3 aromatic rings. The number of nitrogens with zero attached hydrogens (tertiary/aromatic N) is 7. The van der Waals surface area contributed by atoms with E-state index in [0.29, 0.717) is 0 Å². The summed E-state index contributed by atoms with van der Waals surface area (Å²) in [6.45, 7) is 7.54. The first-order chi connectivity index (χ1) is 12.6. The first-order valence-corrected chi connectivity index (χ1v) is 9.84. The van der Waals surface area contributed by atoms with E-state index in [1.54, 1.807) is 24.2 Å². The highest BCUT2D eigenvalue weighted by atomic mass is 32.2. The zero-order valence-corrected chi connectivity index (χ0v) is 16.0. The van der Waals surface area contributed by atoms with E-state index < -0.39 is 0 Å². The predicted molar refractivity (Wildman–Crippen MR) is 105 cm³/mol. The second-order valence-corrected chi connectivity index (χ2v) is 7.09. The lowest BCUT2D eigenvalue weighted by Crippen LogP contribution is -2.47. The second-order valence-electron chi connectivity index (χ2n) is 6.32. The summed E-state index contributed by atoms with van der Waals surface area (Å²) in [5, 5.41) is 1.88. The van der Waals surface area contributed by atoms with E-state index in [4.69, 9.17) is 4.98 Å². The van der Waals surface area contributed by atoms with Gasteiger partial charge in [0.2, 0.25) is 0 Å². The van der Waals surface area contributed by atoms with Gasteiger partial charge in [-0.15, -0.1) is 0 Å². The summed E-state index contributed by atoms with van der Waals surface area (Å²) < 4.78 is 0. The third-order valence-electron chi connectivity index (χ3n) is 4.50. The van der Waals surface area contributed by atoms with Gasteiger partial charge in [-0.25, -0.2) is 19.9 Å². The number of thioether (sulfide) groups is 1. The number of anilines is 2. The molecule has 4 heterocycles. The molecule has 0 unspecified atom stereocenters. The Bertz CT molecular complexity index is 938. The summed E-state index contributed by atoms with van der Waals surface area (Å²) in [6, 6.07) is 4.06. The van der Waals surface area contributed by atoms with Gasteiger partial charge in [0.05, 0.1) is 11.7 Å². The summed E-state index contributed by atoms with van der Waals surface area (Å²) in [5.74, 6) is 2.78. The standard InChI is InChI=1S/C18H21N7S/c1-12-10-16(23-18(20-12)26-3)24-6-8-25(9-7-24)17-14-4-5-19-11-15(14)21-13(2)22-17/h4-5,10-11H,6-9H2,1-3H3. The Balaban J connectivity index is 1.57. The maximum Gasteiger partial charge on any atom is 0.189 e. The number of aryl methyl sites for hydroxylation is 2. The molecule has 1 aliphatic heterocycles. The average molecular weight is 367 g/mol. The minimum absolute atomic E-state index is 0.777. The van der Waals surface area contributed by atoms with Crippen molar-refractivity contribution >= 4 is 34.3 Å². The van der Waals surface area contributed by atoms with Crippen LogP contribution in [0.3, 0.4) is 0 Å². The Morgan fingerprint density at radius 2 is 1.73 bits per heavy atom. The molecule has 0 aliphatic carbocycles. The minimum Gasteiger partial charge on any atom is -0.353 e. The van der Waals surface area contributed by atoms with E-state index in [9.17, 15) is 0 Å². The van der Waals surface area contributed by atoms with Crippen LogP contribution in [0.1, 0.15) is 11.5 Å². The molecule has 0 aromatic carbocycles. The van der Waals surface area contributed by atoms with E-state index in [1.165, 1.54) is 0 Å². The fourth-order valence-corrected chi connectivity index (χ4v) is 3.66. The van der Waals surface area contributed by atoms with Crippen molar-refractivity contribution in [2.24, 2.45) is 0 Å². The minimum atomic E-state index is 0.777. The van der Waals surface area contributed by atoms with Crippen LogP contribution in [0.5, 0.6) is 0 Å². The predicted octanol–water partition coefficient (Wildman–Crippen LogP) is 2.48. The first kappa shape index (κ1) is 17.0. The maximum atomic E-state index is 4.70. The van der Waals surface area contributed by atoms with Crippen LogP contribution in [0.2, 0.25) is 0 Å². The molecule has 1 aliphatic rings. The monoisotopic (exact) mass is 367 g/mol. The van der Waals surface area contributed by atoms with Crippen molar-refractivity contribution in [1.29, 1.82) is 0 Å². The van der Waals surface area contributed by atoms with Gasteiger partial charge >= 0.3 is 0 Å². The second kappa shape index (κ2) is 7.03. The normalized spacial score (nSPS) is 14.9. The zero-order valence-electron chi connectivity index (χ0n) is 15.2. The lowest BCUT2D eigenvalue weighted by Gasteiger charge is -2.36. The Morgan fingerprint density at radius 3 is 2.50 bits per heavy atom. The molecule has 1 saturated heterocycles. The zero-order chi connectivity index (χ0) is 18.1. The van der Waals surface area contributed by atoms with Crippen LogP contribution in [0, 0.1) is 13.8 Å². The Kier molecular flexibility index (Phi) is 4.58. The smallest absolute Gasteiger partial charge is 0.189 e. The highest BCUT2D eigenvalue weighted by Gasteiger charge is 2.22. The van der Waals surface area contributed by atoms with Gasteiger partial charge in [0.1, 0.15) is 17.5 Å². The van der Waals surface area contributed by atoms with E-state index >= 15 is 0 Å². The van der Waals surface area contributed by atoms with Gasteiger partial charge in [0.25, 0.3) is 0 Å². The summed E-state index contributed by atoms with van der Waals surface area (Å²) in [6.07, 6.45) is 5.61. The molecule has 134 valence electrons. The van der Waals surface area contributed by atoms with Gasteiger partial charge in [-0.3, -0.25) is 4.98 Å².